The molecule has 0 unspecified atom stereocenters. The Morgan fingerprint density at radius 1 is 1.24 bits per heavy atom. The number of amides is 2. The first-order valence-corrected chi connectivity index (χ1v) is 5.64. The summed E-state index contributed by atoms with van der Waals surface area (Å²) in [6.07, 6.45) is -0.681. The van der Waals surface area contributed by atoms with Crippen LogP contribution in [-0.4, -0.2) is 25.0 Å². The molecule has 6 heteroatoms. The average molecular weight is 274 g/mol. The van der Waals surface area contributed by atoms with E-state index in [1.165, 1.54) is 25.3 Å². The van der Waals surface area contributed by atoms with Crippen LogP contribution in [0.4, 0.5) is 5.69 Å². The minimum absolute atomic E-state index is 0.0411. The molecule has 2 rings (SSSR count). The maximum atomic E-state index is 11.9. The molecule has 0 radical (unpaired) electrons. The van der Waals surface area contributed by atoms with Gasteiger partial charge in [-0.05, 0) is 18.2 Å². The van der Waals surface area contributed by atoms with Gasteiger partial charge in [0.25, 0.3) is 5.91 Å². The van der Waals surface area contributed by atoms with Crippen LogP contribution >= 0.6 is 23.2 Å². The second kappa shape index (κ2) is 4.64. The van der Waals surface area contributed by atoms with Crippen molar-refractivity contribution in [3.05, 3.63) is 28.2 Å². The molecule has 0 spiro atoms. The summed E-state index contributed by atoms with van der Waals surface area (Å²) in [5, 5.41) is 0.739. The summed E-state index contributed by atoms with van der Waals surface area (Å²) in [4.78, 5) is 24.6. The Labute approximate surface area is 108 Å². The van der Waals surface area contributed by atoms with Gasteiger partial charge in [0.1, 0.15) is 6.10 Å². The summed E-state index contributed by atoms with van der Waals surface area (Å²) >= 11 is 11.7. The summed E-state index contributed by atoms with van der Waals surface area (Å²) < 4.78 is 4.93. The average Bonchev–Trinajstić information content (AvgIpc) is 2.52. The van der Waals surface area contributed by atoms with Gasteiger partial charge in [-0.25, -0.2) is 4.90 Å². The van der Waals surface area contributed by atoms with Crippen molar-refractivity contribution >= 4 is 40.7 Å². The van der Waals surface area contributed by atoms with Crippen LogP contribution in [0.2, 0.25) is 10.0 Å². The number of hydrogen-bond acceptors (Lipinski definition) is 3. The van der Waals surface area contributed by atoms with Crippen molar-refractivity contribution in [3.63, 3.8) is 0 Å². The van der Waals surface area contributed by atoms with E-state index in [-0.39, 0.29) is 12.3 Å². The van der Waals surface area contributed by atoms with Crippen LogP contribution in [0, 0.1) is 0 Å². The number of methoxy groups -OCH3 is 1. The first kappa shape index (κ1) is 12.4. The number of anilines is 1. The lowest BCUT2D eigenvalue weighted by Gasteiger charge is -2.15. The Balaban J connectivity index is 2.39. The third kappa shape index (κ3) is 2.29. The maximum Gasteiger partial charge on any atom is 0.263 e. The molecule has 0 saturated carbocycles. The molecule has 0 aromatic heterocycles. The molecule has 0 aliphatic carbocycles. The van der Waals surface area contributed by atoms with Crippen molar-refractivity contribution in [2.24, 2.45) is 0 Å². The molecule has 1 heterocycles. The van der Waals surface area contributed by atoms with Gasteiger partial charge >= 0.3 is 0 Å². The van der Waals surface area contributed by atoms with E-state index in [4.69, 9.17) is 27.9 Å². The number of hydrogen-bond donors (Lipinski definition) is 0. The lowest BCUT2D eigenvalue weighted by atomic mass is 10.3. The third-order valence-corrected chi connectivity index (χ3v) is 2.93. The fourth-order valence-electron chi connectivity index (χ4n) is 1.73. The Kier molecular flexibility index (Phi) is 3.38. The molecule has 1 atom stereocenters. The fraction of sp³-hybridized carbons (Fsp3) is 0.273. The monoisotopic (exact) mass is 273 g/mol. The molecule has 4 nitrogen and oxygen atoms in total. The van der Waals surface area contributed by atoms with Crippen LogP contribution in [0.15, 0.2) is 18.2 Å². The smallest absolute Gasteiger partial charge is 0.263 e. The number of carbonyl (C=O) groups is 2. The van der Waals surface area contributed by atoms with Crippen molar-refractivity contribution in [1.82, 2.24) is 0 Å². The van der Waals surface area contributed by atoms with E-state index in [0.29, 0.717) is 15.7 Å². The van der Waals surface area contributed by atoms with Crippen LogP contribution in [-0.2, 0) is 14.3 Å². The Hall–Kier alpha value is -1.10. The molecular formula is C11H9Cl2NO3. The van der Waals surface area contributed by atoms with E-state index in [0.717, 1.165) is 4.90 Å². The number of nitrogens with zero attached hydrogens (tertiary/aromatic N) is 1. The zero-order valence-corrected chi connectivity index (χ0v) is 10.5. The van der Waals surface area contributed by atoms with Gasteiger partial charge in [0.2, 0.25) is 5.91 Å². The summed E-state index contributed by atoms with van der Waals surface area (Å²) in [5.74, 6) is -0.712. The Morgan fingerprint density at radius 2 is 1.82 bits per heavy atom. The molecule has 1 aliphatic rings. The lowest BCUT2D eigenvalue weighted by Crippen LogP contribution is -2.32. The molecule has 17 heavy (non-hydrogen) atoms. The normalized spacial score (nSPS) is 20.2. The predicted molar refractivity (Wildman–Crippen MR) is 64.4 cm³/mol. The van der Waals surface area contributed by atoms with Crippen LogP contribution in [0.3, 0.4) is 0 Å². The largest absolute Gasteiger partial charge is 0.371 e. The van der Waals surface area contributed by atoms with Crippen LogP contribution in [0.5, 0.6) is 0 Å². The SMILES string of the molecule is CO[C@H]1CC(=O)N(c2cc(Cl)cc(Cl)c2)C1=O. The van der Waals surface area contributed by atoms with E-state index in [2.05, 4.69) is 0 Å². The highest BCUT2D eigenvalue weighted by atomic mass is 35.5. The highest BCUT2D eigenvalue weighted by Crippen LogP contribution is 2.29. The summed E-state index contributed by atoms with van der Waals surface area (Å²) in [5.41, 5.74) is 0.372. The first-order chi connectivity index (χ1) is 8.02. The quantitative estimate of drug-likeness (QED) is 0.777. The minimum Gasteiger partial charge on any atom is -0.371 e. The minimum atomic E-state index is -0.722. The molecule has 1 fully saturated rings. The first-order valence-electron chi connectivity index (χ1n) is 4.88. The number of ether oxygens (including phenoxy) is 1. The molecule has 0 bridgehead atoms. The van der Waals surface area contributed by atoms with Gasteiger partial charge in [-0.3, -0.25) is 9.59 Å². The van der Waals surface area contributed by atoms with Crippen molar-refractivity contribution in [1.29, 1.82) is 0 Å². The highest BCUT2D eigenvalue weighted by molar-refractivity contribution is 6.35. The zero-order chi connectivity index (χ0) is 12.6. The van der Waals surface area contributed by atoms with E-state index < -0.39 is 12.0 Å². The highest BCUT2D eigenvalue weighted by Gasteiger charge is 2.39. The second-order valence-electron chi connectivity index (χ2n) is 3.62. The molecule has 1 aromatic rings. The third-order valence-electron chi connectivity index (χ3n) is 2.50. The van der Waals surface area contributed by atoms with E-state index in [1.54, 1.807) is 0 Å². The number of rotatable bonds is 2. The topological polar surface area (TPSA) is 46.6 Å². The number of halogens is 2. The van der Waals surface area contributed by atoms with Gasteiger partial charge in [0, 0.05) is 17.2 Å². The van der Waals surface area contributed by atoms with E-state index in [1.807, 2.05) is 0 Å². The summed E-state index contributed by atoms with van der Waals surface area (Å²) in [6, 6.07) is 4.56. The van der Waals surface area contributed by atoms with Crippen molar-refractivity contribution in [3.8, 4) is 0 Å². The van der Waals surface area contributed by atoms with Crippen LogP contribution in [0.25, 0.3) is 0 Å². The van der Waals surface area contributed by atoms with Crippen LogP contribution < -0.4 is 4.90 Å². The van der Waals surface area contributed by atoms with Gasteiger partial charge in [-0.2, -0.15) is 0 Å². The van der Waals surface area contributed by atoms with E-state index in [9.17, 15) is 9.59 Å². The molecule has 90 valence electrons. The van der Waals surface area contributed by atoms with Gasteiger partial charge in [0.15, 0.2) is 0 Å². The predicted octanol–water partition coefficient (Wildman–Crippen LogP) is 2.27. The second-order valence-corrected chi connectivity index (χ2v) is 4.50. The fourth-order valence-corrected chi connectivity index (χ4v) is 2.24. The van der Waals surface area contributed by atoms with Crippen LogP contribution in [0.1, 0.15) is 6.42 Å². The van der Waals surface area contributed by atoms with Crippen molar-refractivity contribution < 1.29 is 14.3 Å². The number of carbonyl (C=O) groups excluding carboxylic acids is 2. The summed E-state index contributed by atoms with van der Waals surface area (Å²) in [7, 11) is 1.39. The van der Waals surface area contributed by atoms with Crippen molar-refractivity contribution in [2.75, 3.05) is 12.0 Å². The molecule has 1 saturated heterocycles. The standard InChI is InChI=1S/C11H9Cl2NO3/c1-17-9-5-10(15)14(11(9)16)8-3-6(12)2-7(13)4-8/h2-4,9H,5H2,1H3/t9-/m0/s1. The Bertz CT molecular complexity index is 469. The Morgan fingerprint density at radius 3 is 2.29 bits per heavy atom. The molecule has 2 amide bonds. The van der Waals surface area contributed by atoms with E-state index >= 15 is 0 Å². The van der Waals surface area contributed by atoms with Gasteiger partial charge in [0.05, 0.1) is 12.1 Å². The number of imide groups is 1. The molecule has 1 aliphatic heterocycles. The van der Waals surface area contributed by atoms with Gasteiger partial charge in [-0.1, -0.05) is 23.2 Å². The van der Waals surface area contributed by atoms with Crippen molar-refractivity contribution in [2.45, 2.75) is 12.5 Å². The van der Waals surface area contributed by atoms with Gasteiger partial charge < -0.3 is 4.74 Å². The zero-order valence-electron chi connectivity index (χ0n) is 8.94. The molecule has 1 aromatic carbocycles. The molecule has 0 N–H and O–H groups in total. The van der Waals surface area contributed by atoms with Gasteiger partial charge in [-0.15, -0.1) is 0 Å². The molecular weight excluding hydrogens is 265 g/mol. The lowest BCUT2D eigenvalue weighted by molar-refractivity contribution is -0.125. The number of benzene rings is 1. The maximum absolute atomic E-state index is 11.9. The summed E-state index contributed by atoms with van der Waals surface area (Å²) in [6.45, 7) is 0.